The molecule has 0 radical (unpaired) electrons. The van der Waals surface area contributed by atoms with E-state index in [1.54, 1.807) is 17.7 Å². The summed E-state index contributed by atoms with van der Waals surface area (Å²) in [6.07, 6.45) is 6.68. The number of benzene rings is 1. The van der Waals surface area contributed by atoms with E-state index in [1.807, 2.05) is 6.07 Å². The highest BCUT2D eigenvalue weighted by molar-refractivity contribution is 7.17. The van der Waals surface area contributed by atoms with E-state index in [0.717, 1.165) is 67.8 Å². The van der Waals surface area contributed by atoms with Gasteiger partial charge < -0.3 is 16.0 Å². The second-order valence-electron chi connectivity index (χ2n) is 8.50. The molecule has 0 spiro atoms. The van der Waals surface area contributed by atoms with Gasteiger partial charge in [-0.05, 0) is 50.1 Å². The van der Waals surface area contributed by atoms with Crippen molar-refractivity contribution >= 4 is 33.3 Å². The second kappa shape index (κ2) is 7.96. The molecule has 156 valence electrons. The minimum absolute atomic E-state index is 0.194. The lowest BCUT2D eigenvalue weighted by molar-refractivity contribution is -0.127. The van der Waals surface area contributed by atoms with Crippen molar-refractivity contribution in [3.05, 3.63) is 42.0 Å². The van der Waals surface area contributed by atoms with Crippen molar-refractivity contribution in [2.24, 2.45) is 11.7 Å². The van der Waals surface area contributed by atoms with Crippen molar-refractivity contribution in [3.63, 3.8) is 0 Å². The third kappa shape index (κ3) is 3.46. The van der Waals surface area contributed by atoms with E-state index in [2.05, 4.69) is 49.8 Å². The number of nitrogens with two attached hydrogens (primary N) is 1. The fraction of sp³-hybridized carbons (Fsp3) is 0.435. The van der Waals surface area contributed by atoms with Gasteiger partial charge >= 0.3 is 0 Å². The summed E-state index contributed by atoms with van der Waals surface area (Å²) in [4.78, 5) is 24.4. The van der Waals surface area contributed by atoms with Gasteiger partial charge in [0.25, 0.3) is 0 Å². The summed E-state index contributed by atoms with van der Waals surface area (Å²) in [6, 6.07) is 10.5. The number of nitrogens with zero attached hydrogens (tertiary/aromatic N) is 3. The lowest BCUT2D eigenvalue weighted by atomic mass is 9.75. The van der Waals surface area contributed by atoms with Gasteiger partial charge in [-0.3, -0.25) is 4.79 Å². The average Bonchev–Trinajstić information content (AvgIpc) is 3.18. The van der Waals surface area contributed by atoms with Crippen LogP contribution in [-0.4, -0.2) is 41.0 Å². The Morgan fingerprint density at radius 1 is 1.20 bits per heavy atom. The number of carbonyl (C=O) groups is 1. The van der Waals surface area contributed by atoms with Crippen LogP contribution in [0.2, 0.25) is 0 Å². The molecule has 6 nitrogen and oxygen atoms in total. The molecule has 1 saturated carbocycles. The number of aromatic nitrogens is 2. The number of thiophene rings is 1. The van der Waals surface area contributed by atoms with Gasteiger partial charge in [0.15, 0.2) is 0 Å². The van der Waals surface area contributed by atoms with Gasteiger partial charge in [0.1, 0.15) is 17.0 Å². The van der Waals surface area contributed by atoms with E-state index in [0.29, 0.717) is 5.92 Å². The van der Waals surface area contributed by atoms with Crippen LogP contribution < -0.4 is 16.0 Å². The molecular weight excluding hydrogens is 394 g/mol. The number of carbonyl (C=O) groups excluding carboxylic acids is 1. The molecule has 5 rings (SSSR count). The maximum atomic E-state index is 11.8. The van der Waals surface area contributed by atoms with Crippen LogP contribution in [0.1, 0.15) is 32.1 Å². The zero-order valence-corrected chi connectivity index (χ0v) is 17.8. The first-order valence-electron chi connectivity index (χ1n) is 10.7. The fourth-order valence-corrected chi connectivity index (χ4v) is 5.57. The Kier molecular flexibility index (Phi) is 5.16. The van der Waals surface area contributed by atoms with Gasteiger partial charge in [-0.2, -0.15) is 0 Å². The standard InChI is InChI=1S/C23H27N5OS/c24-22(29)23(9-4-10-23)27-13-16-7-11-28(12-8-16)20-19-18(17-5-2-1-3-6-17)14-30-21(19)26-15-25-20/h1-3,5-6,14-16,27H,4,7-13H2,(H2,24,29). The highest BCUT2D eigenvalue weighted by Crippen LogP contribution is 2.39. The highest BCUT2D eigenvalue weighted by Gasteiger charge is 2.42. The van der Waals surface area contributed by atoms with E-state index in [-0.39, 0.29) is 5.91 Å². The van der Waals surface area contributed by atoms with Gasteiger partial charge in [0.2, 0.25) is 5.91 Å². The van der Waals surface area contributed by atoms with Crippen LogP contribution in [0.25, 0.3) is 21.3 Å². The topological polar surface area (TPSA) is 84.1 Å². The summed E-state index contributed by atoms with van der Waals surface area (Å²) in [5, 5.41) is 6.85. The Labute approximate surface area is 180 Å². The Balaban J connectivity index is 1.31. The largest absolute Gasteiger partial charge is 0.368 e. The van der Waals surface area contributed by atoms with E-state index >= 15 is 0 Å². The normalized spacial score (nSPS) is 19.0. The predicted octanol–water partition coefficient (Wildman–Crippen LogP) is 3.57. The number of hydrogen-bond donors (Lipinski definition) is 2. The lowest BCUT2D eigenvalue weighted by Gasteiger charge is -2.41. The number of rotatable bonds is 6. The number of anilines is 1. The fourth-order valence-electron chi connectivity index (χ4n) is 4.66. The van der Waals surface area contributed by atoms with Crippen molar-refractivity contribution in [3.8, 4) is 11.1 Å². The first kappa shape index (κ1) is 19.5. The van der Waals surface area contributed by atoms with Gasteiger partial charge in [-0.15, -0.1) is 11.3 Å². The first-order chi connectivity index (χ1) is 14.7. The molecule has 30 heavy (non-hydrogen) atoms. The van der Waals surface area contributed by atoms with Crippen LogP contribution in [0.15, 0.2) is 42.0 Å². The first-order valence-corrected chi connectivity index (χ1v) is 11.6. The molecule has 0 unspecified atom stereocenters. The third-order valence-corrected chi connectivity index (χ3v) is 7.64. The third-order valence-electron chi connectivity index (χ3n) is 6.76. The number of amides is 1. The van der Waals surface area contributed by atoms with Crippen molar-refractivity contribution in [2.45, 2.75) is 37.6 Å². The molecule has 3 aromatic rings. The minimum atomic E-state index is -0.447. The van der Waals surface area contributed by atoms with Gasteiger partial charge in [0, 0.05) is 24.0 Å². The quantitative estimate of drug-likeness (QED) is 0.636. The molecule has 1 aliphatic carbocycles. The monoisotopic (exact) mass is 421 g/mol. The Morgan fingerprint density at radius 2 is 1.97 bits per heavy atom. The Bertz CT molecular complexity index is 1040. The van der Waals surface area contributed by atoms with Crippen LogP contribution in [0.5, 0.6) is 0 Å². The number of piperidine rings is 1. The molecule has 1 aromatic carbocycles. The van der Waals surface area contributed by atoms with Crippen molar-refractivity contribution < 1.29 is 4.79 Å². The van der Waals surface area contributed by atoms with E-state index in [4.69, 9.17) is 5.73 Å². The molecule has 0 atom stereocenters. The molecule has 1 amide bonds. The highest BCUT2D eigenvalue weighted by atomic mass is 32.1. The SMILES string of the molecule is NC(=O)C1(NCC2CCN(c3ncnc4scc(-c5ccccc5)c34)CC2)CCC1. The van der Waals surface area contributed by atoms with E-state index in [9.17, 15) is 4.79 Å². The zero-order chi connectivity index (χ0) is 20.6. The van der Waals surface area contributed by atoms with Crippen molar-refractivity contribution in [1.82, 2.24) is 15.3 Å². The predicted molar refractivity (Wildman–Crippen MR) is 122 cm³/mol. The second-order valence-corrected chi connectivity index (χ2v) is 9.36. The smallest absolute Gasteiger partial charge is 0.237 e. The van der Waals surface area contributed by atoms with E-state index < -0.39 is 5.54 Å². The van der Waals surface area contributed by atoms with Gasteiger partial charge in [0.05, 0.1) is 10.9 Å². The molecule has 3 heterocycles. The van der Waals surface area contributed by atoms with Crippen LogP contribution >= 0.6 is 11.3 Å². The maximum absolute atomic E-state index is 11.8. The number of nitrogens with one attached hydrogen (secondary N) is 1. The van der Waals surface area contributed by atoms with Crippen molar-refractivity contribution in [1.29, 1.82) is 0 Å². The summed E-state index contributed by atoms with van der Waals surface area (Å²) in [6.45, 7) is 2.79. The average molecular weight is 422 g/mol. The lowest BCUT2D eigenvalue weighted by Crippen LogP contribution is -2.61. The summed E-state index contributed by atoms with van der Waals surface area (Å²) in [7, 11) is 0. The van der Waals surface area contributed by atoms with Crippen LogP contribution in [-0.2, 0) is 4.79 Å². The molecule has 2 aliphatic rings. The summed E-state index contributed by atoms with van der Waals surface area (Å²) in [5.41, 5.74) is 7.60. The minimum Gasteiger partial charge on any atom is -0.368 e. The van der Waals surface area contributed by atoms with Gasteiger partial charge in [-0.25, -0.2) is 9.97 Å². The number of primary amides is 1. The summed E-state index contributed by atoms with van der Waals surface area (Å²) >= 11 is 1.68. The Morgan fingerprint density at radius 3 is 2.63 bits per heavy atom. The van der Waals surface area contributed by atoms with E-state index in [1.165, 1.54) is 11.1 Å². The molecule has 2 fully saturated rings. The molecular formula is C23H27N5OS. The number of hydrogen-bond acceptors (Lipinski definition) is 6. The summed E-state index contributed by atoms with van der Waals surface area (Å²) in [5.74, 6) is 1.41. The molecule has 2 aromatic heterocycles. The number of fused-ring (bicyclic) bond motifs is 1. The van der Waals surface area contributed by atoms with Crippen LogP contribution in [0.4, 0.5) is 5.82 Å². The molecule has 1 saturated heterocycles. The van der Waals surface area contributed by atoms with Crippen molar-refractivity contribution in [2.75, 3.05) is 24.5 Å². The van der Waals surface area contributed by atoms with Crippen LogP contribution in [0.3, 0.4) is 0 Å². The van der Waals surface area contributed by atoms with Gasteiger partial charge in [-0.1, -0.05) is 30.3 Å². The van der Waals surface area contributed by atoms with Crippen LogP contribution in [0, 0.1) is 5.92 Å². The molecule has 0 bridgehead atoms. The Hall–Kier alpha value is -2.51. The molecule has 7 heteroatoms. The summed E-state index contributed by atoms with van der Waals surface area (Å²) < 4.78 is 0. The maximum Gasteiger partial charge on any atom is 0.237 e. The molecule has 1 aliphatic heterocycles. The molecule has 3 N–H and O–H groups in total. The zero-order valence-electron chi connectivity index (χ0n) is 17.0.